The number of alkyl halides is 2. The summed E-state index contributed by atoms with van der Waals surface area (Å²) in [4.78, 5) is 13.6. The number of halogens is 2. The van der Waals surface area contributed by atoms with Crippen LogP contribution in [-0.4, -0.2) is 43.4 Å². The van der Waals surface area contributed by atoms with Crippen LogP contribution >= 0.6 is 0 Å². The number of primary amides is 1. The fraction of sp³-hybridized carbons (Fsp3) is 0.409. The first-order valence-corrected chi connectivity index (χ1v) is 9.85. The molecule has 0 radical (unpaired) electrons. The number of aliphatic hydroxyl groups excluding tert-OH is 1. The zero-order chi connectivity index (χ0) is 21.7. The molecule has 3 N–H and O–H groups in total. The van der Waals surface area contributed by atoms with Crippen molar-refractivity contribution in [3.8, 4) is 11.5 Å². The Morgan fingerprint density at radius 1 is 1.20 bits per heavy atom. The van der Waals surface area contributed by atoms with Crippen molar-refractivity contribution in [3.05, 3.63) is 53.6 Å². The molecule has 1 fully saturated rings. The van der Waals surface area contributed by atoms with Crippen molar-refractivity contribution in [1.29, 1.82) is 0 Å². The Balaban J connectivity index is 1.70. The number of benzene rings is 2. The van der Waals surface area contributed by atoms with Crippen LogP contribution in [0.2, 0.25) is 0 Å². The van der Waals surface area contributed by atoms with E-state index in [0.717, 1.165) is 44.6 Å². The molecule has 6 nitrogen and oxygen atoms in total. The van der Waals surface area contributed by atoms with Gasteiger partial charge in [-0.3, -0.25) is 4.79 Å². The van der Waals surface area contributed by atoms with Gasteiger partial charge in [0, 0.05) is 31.3 Å². The standard InChI is InChI=1S/C22H26F2N2O4/c1-22(23,24)19-7-2-15(21(25)28)14-20(19)30-18-5-3-16(4-6-18)26-10-8-17(9-11-26)29-13-12-27/h2-7,14,17,27H,8-13H2,1H3,(H2,25,28). The highest BCUT2D eigenvalue weighted by Crippen LogP contribution is 2.37. The van der Waals surface area contributed by atoms with Gasteiger partial charge in [-0.05, 0) is 55.3 Å². The van der Waals surface area contributed by atoms with Crippen LogP contribution in [-0.2, 0) is 10.7 Å². The summed E-state index contributed by atoms with van der Waals surface area (Å²) in [5.74, 6) is -3.57. The Morgan fingerprint density at radius 3 is 2.43 bits per heavy atom. The molecule has 2 aromatic carbocycles. The molecule has 0 unspecified atom stereocenters. The Hall–Kier alpha value is -2.71. The molecule has 0 saturated carbocycles. The lowest BCUT2D eigenvalue weighted by atomic mass is 10.1. The first-order valence-electron chi connectivity index (χ1n) is 9.85. The molecule has 0 spiro atoms. The molecule has 162 valence electrons. The number of amides is 1. The predicted molar refractivity (Wildman–Crippen MR) is 109 cm³/mol. The number of nitrogens with two attached hydrogens (primary N) is 1. The molecule has 3 rings (SSSR count). The number of carbonyl (C=O) groups excluding carboxylic acids is 1. The minimum absolute atomic E-state index is 0.0235. The van der Waals surface area contributed by atoms with Gasteiger partial charge < -0.3 is 25.2 Å². The lowest BCUT2D eigenvalue weighted by Gasteiger charge is -2.33. The minimum Gasteiger partial charge on any atom is -0.457 e. The average molecular weight is 420 g/mol. The summed E-state index contributed by atoms with van der Waals surface area (Å²) >= 11 is 0. The smallest absolute Gasteiger partial charge is 0.274 e. The van der Waals surface area contributed by atoms with E-state index in [4.69, 9.17) is 20.3 Å². The SMILES string of the molecule is CC(F)(F)c1ccc(C(N)=O)cc1Oc1ccc(N2CCC(OCCO)CC2)cc1. The van der Waals surface area contributed by atoms with Crippen LogP contribution < -0.4 is 15.4 Å². The van der Waals surface area contributed by atoms with Crippen molar-refractivity contribution in [2.45, 2.75) is 31.8 Å². The van der Waals surface area contributed by atoms with Crippen molar-refractivity contribution >= 4 is 11.6 Å². The summed E-state index contributed by atoms with van der Waals surface area (Å²) in [5, 5.41) is 8.85. The number of piperidine rings is 1. The zero-order valence-corrected chi connectivity index (χ0v) is 16.8. The number of ether oxygens (including phenoxy) is 2. The van der Waals surface area contributed by atoms with Crippen molar-refractivity contribution in [1.82, 2.24) is 0 Å². The first-order chi connectivity index (χ1) is 14.3. The molecule has 8 heteroatoms. The van der Waals surface area contributed by atoms with Gasteiger partial charge in [0.05, 0.1) is 24.9 Å². The monoisotopic (exact) mass is 420 g/mol. The normalized spacial score (nSPS) is 15.3. The third kappa shape index (κ3) is 5.46. The van der Waals surface area contributed by atoms with E-state index in [1.54, 1.807) is 12.1 Å². The maximum absolute atomic E-state index is 13.9. The van der Waals surface area contributed by atoms with Crippen molar-refractivity contribution in [3.63, 3.8) is 0 Å². The van der Waals surface area contributed by atoms with Gasteiger partial charge in [-0.2, -0.15) is 0 Å². The van der Waals surface area contributed by atoms with Crippen LogP contribution in [0.15, 0.2) is 42.5 Å². The second-order valence-electron chi connectivity index (χ2n) is 7.34. The number of nitrogens with zero attached hydrogens (tertiary/aromatic N) is 1. The number of carbonyl (C=O) groups is 1. The van der Waals surface area contributed by atoms with Crippen LogP contribution in [0, 0.1) is 0 Å². The van der Waals surface area contributed by atoms with Crippen LogP contribution in [0.4, 0.5) is 14.5 Å². The second-order valence-corrected chi connectivity index (χ2v) is 7.34. The lowest BCUT2D eigenvalue weighted by Crippen LogP contribution is -2.37. The number of rotatable bonds is 8. The van der Waals surface area contributed by atoms with Gasteiger partial charge in [0.1, 0.15) is 11.5 Å². The van der Waals surface area contributed by atoms with Gasteiger partial charge >= 0.3 is 0 Å². The predicted octanol–water partition coefficient (Wildman–Crippen LogP) is 3.67. The molecule has 0 aliphatic carbocycles. The third-order valence-corrected chi connectivity index (χ3v) is 5.06. The molecular formula is C22H26F2N2O4. The maximum Gasteiger partial charge on any atom is 0.274 e. The van der Waals surface area contributed by atoms with Crippen LogP contribution in [0.1, 0.15) is 35.7 Å². The molecular weight excluding hydrogens is 394 g/mol. The fourth-order valence-electron chi connectivity index (χ4n) is 3.47. The summed E-state index contributed by atoms with van der Waals surface area (Å²) in [7, 11) is 0. The third-order valence-electron chi connectivity index (χ3n) is 5.06. The Bertz CT molecular complexity index is 860. The summed E-state index contributed by atoms with van der Waals surface area (Å²) in [6, 6.07) is 10.8. The molecule has 30 heavy (non-hydrogen) atoms. The van der Waals surface area contributed by atoms with E-state index < -0.39 is 11.8 Å². The first kappa shape index (κ1) is 22.0. The van der Waals surface area contributed by atoms with Crippen molar-refractivity contribution < 1.29 is 28.2 Å². The quantitative estimate of drug-likeness (QED) is 0.681. The number of anilines is 1. The van der Waals surface area contributed by atoms with Gasteiger partial charge in [0.15, 0.2) is 0 Å². The summed E-state index contributed by atoms with van der Waals surface area (Å²) < 4.78 is 39.1. The zero-order valence-electron chi connectivity index (χ0n) is 16.8. The Labute approximate surface area is 174 Å². The van der Waals surface area contributed by atoms with Gasteiger partial charge in [0.2, 0.25) is 5.91 Å². The van der Waals surface area contributed by atoms with Gasteiger partial charge in [-0.15, -0.1) is 0 Å². The maximum atomic E-state index is 13.9. The second kappa shape index (κ2) is 9.40. The topological polar surface area (TPSA) is 85.0 Å². The van der Waals surface area contributed by atoms with Crippen molar-refractivity contribution in [2.24, 2.45) is 5.73 Å². The molecule has 0 aromatic heterocycles. The summed E-state index contributed by atoms with van der Waals surface area (Å²) in [6.07, 6.45) is 1.89. The Morgan fingerprint density at radius 2 is 1.87 bits per heavy atom. The molecule has 1 aliphatic heterocycles. The molecule has 0 atom stereocenters. The van der Waals surface area contributed by atoms with E-state index >= 15 is 0 Å². The molecule has 0 bridgehead atoms. The fourth-order valence-corrected chi connectivity index (χ4v) is 3.47. The molecule has 1 amide bonds. The van der Waals surface area contributed by atoms with Crippen LogP contribution in [0.3, 0.4) is 0 Å². The van der Waals surface area contributed by atoms with E-state index in [2.05, 4.69) is 4.90 Å². The Kier molecular flexibility index (Phi) is 6.89. The highest BCUT2D eigenvalue weighted by molar-refractivity contribution is 5.93. The number of hydrogen-bond acceptors (Lipinski definition) is 5. The van der Waals surface area contributed by atoms with Gasteiger partial charge in [0.25, 0.3) is 5.92 Å². The van der Waals surface area contributed by atoms with E-state index in [1.807, 2.05) is 12.1 Å². The minimum atomic E-state index is -3.13. The van der Waals surface area contributed by atoms with E-state index in [-0.39, 0.29) is 29.6 Å². The van der Waals surface area contributed by atoms with Crippen LogP contribution in [0.5, 0.6) is 11.5 Å². The molecule has 2 aromatic rings. The van der Waals surface area contributed by atoms with E-state index in [0.29, 0.717) is 12.4 Å². The highest BCUT2D eigenvalue weighted by atomic mass is 19.3. The van der Waals surface area contributed by atoms with Crippen LogP contribution in [0.25, 0.3) is 0 Å². The summed E-state index contributed by atoms with van der Waals surface area (Å²) in [6.45, 7) is 2.80. The lowest BCUT2D eigenvalue weighted by molar-refractivity contribution is 0.0154. The number of aliphatic hydroxyl groups is 1. The van der Waals surface area contributed by atoms with E-state index in [9.17, 15) is 13.6 Å². The molecule has 1 heterocycles. The average Bonchev–Trinajstić information content (AvgIpc) is 2.72. The highest BCUT2D eigenvalue weighted by Gasteiger charge is 2.29. The van der Waals surface area contributed by atoms with Crippen molar-refractivity contribution in [2.75, 3.05) is 31.2 Å². The molecule has 1 saturated heterocycles. The van der Waals surface area contributed by atoms with Gasteiger partial charge in [-0.25, -0.2) is 8.78 Å². The molecule has 1 aliphatic rings. The summed E-state index contributed by atoms with van der Waals surface area (Å²) in [5.41, 5.74) is 6.04. The number of hydrogen-bond donors (Lipinski definition) is 2. The van der Waals surface area contributed by atoms with Gasteiger partial charge in [-0.1, -0.05) is 0 Å². The largest absolute Gasteiger partial charge is 0.457 e. The van der Waals surface area contributed by atoms with E-state index in [1.165, 1.54) is 12.1 Å².